The number of carbonyl (C=O) groups excluding carboxylic acids is 1. The Morgan fingerprint density at radius 2 is 1.89 bits per heavy atom. The van der Waals surface area contributed by atoms with Crippen LogP contribution in [0.2, 0.25) is 0 Å². The molecule has 5 N–H and O–H groups in total. The molecule has 1 atom stereocenters. The fourth-order valence-corrected chi connectivity index (χ4v) is 5.17. The molecule has 0 bridgehead atoms. The summed E-state index contributed by atoms with van der Waals surface area (Å²) in [5, 5.41) is 19.2. The first-order chi connectivity index (χ1) is 13.5. The minimum absolute atomic E-state index is 0.106. The van der Waals surface area contributed by atoms with Crippen molar-refractivity contribution in [2.75, 3.05) is 18.5 Å². The third-order valence-corrected chi connectivity index (χ3v) is 6.82. The number of fused-ring (bicyclic) bond motifs is 2. The minimum atomic E-state index is -3.61. The van der Waals surface area contributed by atoms with Gasteiger partial charge in [0.2, 0.25) is 5.88 Å². The number of nitrogens with zero attached hydrogens (tertiary/aromatic N) is 1. The SMILES string of the molecule is N=C/C(=C1\NCCCO1)[S@](N)(=O)=NC(=O)Nc1c2c(cc3c1CCC3)CCC2. The largest absolute Gasteiger partial charge is 0.478 e. The molecule has 150 valence electrons. The number of aryl methyl sites for hydroxylation is 2. The number of urea groups is 1. The van der Waals surface area contributed by atoms with Gasteiger partial charge in [-0.15, -0.1) is 4.36 Å². The van der Waals surface area contributed by atoms with Gasteiger partial charge in [-0.2, -0.15) is 0 Å². The average Bonchev–Trinajstić information content (AvgIpc) is 3.31. The maximum absolute atomic E-state index is 12.9. The molecule has 1 aromatic rings. The highest BCUT2D eigenvalue weighted by Crippen LogP contribution is 2.38. The van der Waals surface area contributed by atoms with Crippen LogP contribution in [0.4, 0.5) is 10.5 Å². The van der Waals surface area contributed by atoms with Gasteiger partial charge in [0.05, 0.1) is 6.61 Å². The first-order valence-electron chi connectivity index (χ1n) is 9.63. The molecule has 1 fully saturated rings. The van der Waals surface area contributed by atoms with Crippen molar-refractivity contribution in [3.8, 4) is 0 Å². The highest BCUT2D eigenvalue weighted by atomic mass is 32.2. The predicted molar refractivity (Wildman–Crippen MR) is 109 cm³/mol. The molecule has 3 aliphatic rings. The molecule has 8 nitrogen and oxygen atoms in total. The zero-order valence-corrected chi connectivity index (χ0v) is 16.5. The van der Waals surface area contributed by atoms with E-state index in [0.29, 0.717) is 13.2 Å². The number of allylic oxidation sites excluding steroid dienone is 1. The Hall–Kier alpha value is -2.39. The summed E-state index contributed by atoms with van der Waals surface area (Å²) in [7, 11) is -3.61. The van der Waals surface area contributed by atoms with Crippen molar-refractivity contribution in [3.63, 3.8) is 0 Å². The number of rotatable bonds is 3. The van der Waals surface area contributed by atoms with E-state index in [-0.39, 0.29) is 10.8 Å². The zero-order valence-electron chi connectivity index (χ0n) is 15.7. The topological polar surface area (TPSA) is 130 Å². The molecule has 0 saturated carbocycles. The standard InChI is InChI=1S/C19H25N5O3S/c20-11-16(18-22-8-3-9-27-18)28(21,26)24-19(25)23-17-14-6-1-4-12(14)10-13-5-2-7-15(13)17/h10-11,20,22H,1-9H2,(H3,21,23,24,25,26)/b18-16-,20-11?/t28-/m1/s1. The van der Waals surface area contributed by atoms with Gasteiger partial charge >= 0.3 is 6.03 Å². The molecule has 1 heterocycles. The second-order valence-electron chi connectivity index (χ2n) is 7.29. The second kappa shape index (κ2) is 7.56. The summed E-state index contributed by atoms with van der Waals surface area (Å²) in [6.07, 6.45) is 7.64. The lowest BCUT2D eigenvalue weighted by Gasteiger charge is -2.20. The molecule has 28 heavy (non-hydrogen) atoms. The maximum Gasteiger partial charge on any atom is 0.354 e. The lowest BCUT2D eigenvalue weighted by molar-refractivity contribution is 0.157. The van der Waals surface area contributed by atoms with Crippen molar-refractivity contribution >= 4 is 27.8 Å². The molecule has 2 amide bonds. The van der Waals surface area contributed by atoms with E-state index in [0.717, 1.165) is 68.0 Å². The molecule has 9 heteroatoms. The number of anilines is 1. The Morgan fingerprint density at radius 1 is 1.21 bits per heavy atom. The third kappa shape index (κ3) is 3.51. The molecule has 0 aromatic heterocycles. The zero-order chi connectivity index (χ0) is 19.7. The van der Waals surface area contributed by atoms with Gasteiger partial charge in [-0.3, -0.25) is 0 Å². The smallest absolute Gasteiger partial charge is 0.354 e. The van der Waals surface area contributed by atoms with Gasteiger partial charge in [0, 0.05) is 18.4 Å². The van der Waals surface area contributed by atoms with Crippen LogP contribution in [0.15, 0.2) is 21.2 Å². The van der Waals surface area contributed by atoms with Crippen molar-refractivity contribution < 1.29 is 13.7 Å². The van der Waals surface area contributed by atoms with Gasteiger partial charge in [-0.25, -0.2) is 14.1 Å². The monoisotopic (exact) mass is 403 g/mol. The number of carbonyl (C=O) groups is 1. The van der Waals surface area contributed by atoms with Crippen LogP contribution in [0.25, 0.3) is 0 Å². The molecular weight excluding hydrogens is 378 g/mol. The fourth-order valence-electron chi connectivity index (χ4n) is 4.21. The normalized spacial score (nSPS) is 21.5. The minimum Gasteiger partial charge on any atom is -0.478 e. The van der Waals surface area contributed by atoms with Crippen molar-refractivity contribution in [1.29, 1.82) is 5.41 Å². The Bertz CT molecular complexity index is 952. The summed E-state index contributed by atoms with van der Waals surface area (Å²) < 4.78 is 22.0. The average molecular weight is 404 g/mol. The number of hydrogen-bond donors (Lipinski definition) is 4. The number of hydrogen-bond acceptors (Lipinski definition) is 5. The Balaban J connectivity index is 1.66. The van der Waals surface area contributed by atoms with Gasteiger partial charge in [0.25, 0.3) is 0 Å². The number of amides is 2. The molecule has 0 spiro atoms. The quantitative estimate of drug-likeness (QED) is 0.577. The van der Waals surface area contributed by atoms with Crippen LogP contribution in [0.3, 0.4) is 0 Å². The van der Waals surface area contributed by atoms with Crippen LogP contribution < -0.4 is 15.8 Å². The van der Waals surface area contributed by atoms with E-state index < -0.39 is 15.9 Å². The molecular formula is C19H25N5O3S. The Morgan fingerprint density at radius 3 is 2.46 bits per heavy atom. The van der Waals surface area contributed by atoms with Gasteiger partial charge in [-0.05, 0) is 67.2 Å². The lowest BCUT2D eigenvalue weighted by Crippen LogP contribution is -2.30. The molecule has 0 unspecified atom stereocenters. The molecule has 2 aliphatic carbocycles. The summed E-state index contributed by atoms with van der Waals surface area (Å²) in [6.45, 7) is 1.06. The number of benzene rings is 1. The number of ether oxygens (including phenoxy) is 1. The van der Waals surface area contributed by atoms with E-state index in [1.165, 1.54) is 11.1 Å². The van der Waals surface area contributed by atoms with E-state index in [4.69, 9.17) is 15.3 Å². The van der Waals surface area contributed by atoms with Gasteiger partial charge in [0.15, 0.2) is 9.92 Å². The van der Waals surface area contributed by atoms with E-state index in [1.807, 2.05) is 0 Å². The van der Waals surface area contributed by atoms with E-state index in [9.17, 15) is 9.00 Å². The summed E-state index contributed by atoms with van der Waals surface area (Å²) in [5.41, 5.74) is 5.71. The van der Waals surface area contributed by atoms with Crippen LogP contribution in [0.1, 0.15) is 41.5 Å². The van der Waals surface area contributed by atoms with Gasteiger partial charge < -0.3 is 20.8 Å². The highest BCUT2D eigenvalue weighted by Gasteiger charge is 2.26. The van der Waals surface area contributed by atoms with Gasteiger partial charge in [-0.1, -0.05) is 6.07 Å². The van der Waals surface area contributed by atoms with Crippen LogP contribution in [-0.2, 0) is 40.3 Å². The highest BCUT2D eigenvalue weighted by molar-refractivity contribution is 7.96. The second-order valence-corrected chi connectivity index (χ2v) is 9.05. The maximum atomic E-state index is 12.9. The van der Waals surface area contributed by atoms with Crippen LogP contribution in [0.5, 0.6) is 0 Å². The van der Waals surface area contributed by atoms with Crippen molar-refractivity contribution in [1.82, 2.24) is 5.32 Å². The van der Waals surface area contributed by atoms with Crippen LogP contribution in [0, 0.1) is 5.41 Å². The number of nitrogens with one attached hydrogen (secondary N) is 3. The van der Waals surface area contributed by atoms with Crippen molar-refractivity contribution in [2.45, 2.75) is 44.9 Å². The Kier molecular flexibility index (Phi) is 5.11. The van der Waals surface area contributed by atoms with Crippen molar-refractivity contribution in [3.05, 3.63) is 39.1 Å². The first kappa shape index (κ1) is 18.9. The summed E-state index contributed by atoms with van der Waals surface area (Å²) in [6, 6.07) is 1.52. The van der Waals surface area contributed by atoms with Crippen LogP contribution in [-0.4, -0.2) is 29.6 Å². The summed E-state index contributed by atoms with van der Waals surface area (Å²) in [4.78, 5) is 12.5. The van der Waals surface area contributed by atoms with E-state index >= 15 is 0 Å². The van der Waals surface area contributed by atoms with Crippen molar-refractivity contribution in [2.24, 2.45) is 9.50 Å². The van der Waals surface area contributed by atoms with E-state index in [1.54, 1.807) is 0 Å². The first-order valence-corrected chi connectivity index (χ1v) is 11.2. The van der Waals surface area contributed by atoms with Gasteiger partial charge in [0.1, 0.15) is 4.91 Å². The molecule has 0 radical (unpaired) electrons. The lowest BCUT2D eigenvalue weighted by atomic mass is 9.99. The van der Waals surface area contributed by atoms with E-state index in [2.05, 4.69) is 21.1 Å². The predicted octanol–water partition coefficient (Wildman–Crippen LogP) is 2.37. The fraction of sp³-hybridized carbons (Fsp3) is 0.474. The third-order valence-electron chi connectivity index (χ3n) is 5.45. The summed E-state index contributed by atoms with van der Waals surface area (Å²) in [5.74, 6) is 0.159. The molecule has 1 aliphatic heterocycles. The molecule has 4 rings (SSSR count). The Labute approximate surface area is 164 Å². The molecule has 1 aromatic carbocycles. The molecule has 1 saturated heterocycles. The van der Waals surface area contributed by atoms with Crippen LogP contribution >= 0.6 is 0 Å². The summed E-state index contributed by atoms with van der Waals surface area (Å²) >= 11 is 0. The number of nitrogens with two attached hydrogens (primary N) is 1.